The van der Waals surface area contributed by atoms with Gasteiger partial charge in [0.15, 0.2) is 5.69 Å². The maximum Gasteiger partial charge on any atom is 0.358 e. The highest BCUT2D eigenvalue weighted by Gasteiger charge is 2.21. The number of carboxylic acid groups (broad SMARTS) is 1. The second kappa shape index (κ2) is 7.88. The molecule has 8 heteroatoms. The molecule has 1 fully saturated rings. The van der Waals surface area contributed by atoms with Gasteiger partial charge in [0, 0.05) is 6.54 Å². The largest absolute Gasteiger partial charge is 0.476 e. The van der Waals surface area contributed by atoms with E-state index in [2.05, 4.69) is 22.6 Å². The number of carbonyl (C=O) groups excluding carboxylic acids is 1. The molecule has 0 radical (unpaired) electrons. The molecule has 122 valence electrons. The number of amides is 1. The maximum atomic E-state index is 11.7. The first-order valence-electron chi connectivity index (χ1n) is 7.58. The molecule has 1 amide bonds. The third-order valence-corrected chi connectivity index (χ3v) is 3.85. The van der Waals surface area contributed by atoms with Crippen molar-refractivity contribution in [3.63, 3.8) is 0 Å². The van der Waals surface area contributed by atoms with Gasteiger partial charge in [-0.2, -0.15) is 0 Å². The summed E-state index contributed by atoms with van der Waals surface area (Å²) in [5, 5.41) is 18.5. The van der Waals surface area contributed by atoms with Crippen molar-refractivity contribution in [1.82, 2.24) is 20.3 Å². The van der Waals surface area contributed by atoms with Crippen molar-refractivity contribution in [1.29, 1.82) is 0 Å². The predicted molar refractivity (Wildman–Crippen MR) is 77.4 cm³/mol. The Morgan fingerprint density at radius 3 is 2.91 bits per heavy atom. The molecule has 0 aromatic carbocycles. The van der Waals surface area contributed by atoms with Gasteiger partial charge in [-0.1, -0.05) is 25.0 Å². The van der Waals surface area contributed by atoms with E-state index < -0.39 is 5.97 Å². The average molecular weight is 310 g/mol. The molecule has 1 saturated carbocycles. The molecule has 2 rings (SSSR count). The van der Waals surface area contributed by atoms with Gasteiger partial charge < -0.3 is 15.2 Å². The summed E-state index contributed by atoms with van der Waals surface area (Å²) in [7, 11) is 0. The van der Waals surface area contributed by atoms with Crippen LogP contribution in [-0.2, 0) is 16.1 Å². The van der Waals surface area contributed by atoms with Crippen LogP contribution in [0, 0.1) is 5.92 Å². The summed E-state index contributed by atoms with van der Waals surface area (Å²) in [5.41, 5.74) is -0.178. The highest BCUT2D eigenvalue weighted by atomic mass is 16.5. The number of carbonyl (C=O) groups is 2. The van der Waals surface area contributed by atoms with Gasteiger partial charge in [0.2, 0.25) is 5.91 Å². The first-order valence-corrected chi connectivity index (χ1v) is 7.58. The number of ether oxygens (including phenoxy) is 1. The molecule has 0 saturated heterocycles. The lowest BCUT2D eigenvalue weighted by molar-refractivity contribution is -0.122. The summed E-state index contributed by atoms with van der Waals surface area (Å²) in [5.74, 6) is -0.835. The van der Waals surface area contributed by atoms with E-state index in [-0.39, 0.29) is 18.1 Å². The number of rotatable bonds is 7. The van der Waals surface area contributed by atoms with E-state index in [4.69, 9.17) is 9.84 Å². The Balaban J connectivity index is 1.64. The van der Waals surface area contributed by atoms with Gasteiger partial charge in [0.05, 0.1) is 18.9 Å². The first-order chi connectivity index (χ1) is 10.6. The van der Waals surface area contributed by atoms with Crippen molar-refractivity contribution in [2.45, 2.75) is 45.3 Å². The van der Waals surface area contributed by atoms with Crippen LogP contribution in [0.1, 0.15) is 43.1 Å². The normalized spacial score (nSPS) is 21.5. The summed E-state index contributed by atoms with van der Waals surface area (Å²) in [6.07, 6.45) is 6.29. The zero-order valence-corrected chi connectivity index (χ0v) is 12.7. The lowest BCUT2D eigenvalue weighted by Crippen LogP contribution is -2.33. The minimum absolute atomic E-state index is 0.0554. The van der Waals surface area contributed by atoms with Crippen LogP contribution in [0.4, 0.5) is 0 Å². The molecule has 1 aliphatic rings. The van der Waals surface area contributed by atoms with E-state index in [1.165, 1.54) is 30.1 Å². The topological polar surface area (TPSA) is 106 Å². The second-order valence-electron chi connectivity index (χ2n) is 5.63. The third kappa shape index (κ3) is 4.80. The number of nitrogens with zero attached hydrogens (tertiary/aromatic N) is 3. The van der Waals surface area contributed by atoms with Gasteiger partial charge in [-0.05, 0) is 18.8 Å². The number of hydrogen-bond acceptors (Lipinski definition) is 5. The average Bonchev–Trinajstić information content (AvgIpc) is 2.94. The SMILES string of the molecule is CC1CCCCC1OCCNC(=O)Cn1cc(C(=O)O)nn1. The molecule has 8 nitrogen and oxygen atoms in total. The number of aromatic nitrogens is 3. The smallest absolute Gasteiger partial charge is 0.358 e. The molecule has 1 aromatic heterocycles. The molecule has 2 unspecified atom stereocenters. The van der Waals surface area contributed by atoms with Crippen LogP contribution in [0.2, 0.25) is 0 Å². The molecule has 1 heterocycles. The summed E-state index contributed by atoms with van der Waals surface area (Å²) < 4.78 is 7.00. The lowest BCUT2D eigenvalue weighted by Gasteiger charge is -2.28. The first kappa shape index (κ1) is 16.4. The van der Waals surface area contributed by atoms with Crippen LogP contribution in [0.5, 0.6) is 0 Å². The van der Waals surface area contributed by atoms with Crippen molar-refractivity contribution in [3.05, 3.63) is 11.9 Å². The number of carboxylic acids is 1. The van der Waals surface area contributed by atoms with E-state index in [9.17, 15) is 9.59 Å². The van der Waals surface area contributed by atoms with Crippen LogP contribution in [0.15, 0.2) is 6.20 Å². The fraction of sp³-hybridized carbons (Fsp3) is 0.714. The van der Waals surface area contributed by atoms with Gasteiger partial charge >= 0.3 is 5.97 Å². The summed E-state index contributed by atoms with van der Waals surface area (Å²) >= 11 is 0. The van der Waals surface area contributed by atoms with Crippen molar-refractivity contribution in [3.8, 4) is 0 Å². The summed E-state index contributed by atoms with van der Waals surface area (Å²) in [4.78, 5) is 22.4. The van der Waals surface area contributed by atoms with Crippen molar-refractivity contribution >= 4 is 11.9 Å². The quantitative estimate of drug-likeness (QED) is 0.718. The molecule has 2 N–H and O–H groups in total. The standard InChI is InChI=1S/C14H22N4O4/c1-10-4-2-3-5-12(10)22-7-6-15-13(19)9-18-8-11(14(20)21)16-17-18/h8,10,12H,2-7,9H2,1H3,(H,15,19)(H,20,21). The lowest BCUT2D eigenvalue weighted by atomic mass is 9.88. The second-order valence-corrected chi connectivity index (χ2v) is 5.63. The van der Waals surface area contributed by atoms with E-state index in [0.29, 0.717) is 25.2 Å². The number of aromatic carboxylic acids is 1. The minimum Gasteiger partial charge on any atom is -0.476 e. The fourth-order valence-electron chi connectivity index (χ4n) is 2.61. The van der Waals surface area contributed by atoms with E-state index in [0.717, 1.165) is 6.42 Å². The molecule has 0 spiro atoms. The highest BCUT2D eigenvalue weighted by molar-refractivity contribution is 5.84. The Morgan fingerprint density at radius 1 is 1.45 bits per heavy atom. The van der Waals surface area contributed by atoms with Gasteiger partial charge in [-0.15, -0.1) is 5.10 Å². The van der Waals surface area contributed by atoms with Gasteiger partial charge in [0.1, 0.15) is 6.54 Å². The number of nitrogens with one attached hydrogen (secondary N) is 1. The zero-order valence-electron chi connectivity index (χ0n) is 12.7. The minimum atomic E-state index is -1.17. The molecule has 0 bridgehead atoms. The molecule has 1 aliphatic carbocycles. The van der Waals surface area contributed by atoms with E-state index in [1.54, 1.807) is 0 Å². The summed E-state index contributed by atoms with van der Waals surface area (Å²) in [6.45, 7) is 3.06. The van der Waals surface area contributed by atoms with Crippen LogP contribution < -0.4 is 5.32 Å². The highest BCUT2D eigenvalue weighted by Crippen LogP contribution is 2.25. The Bertz CT molecular complexity index is 517. The van der Waals surface area contributed by atoms with Gasteiger partial charge in [-0.25, -0.2) is 9.48 Å². The zero-order chi connectivity index (χ0) is 15.9. The molecular weight excluding hydrogens is 288 g/mol. The van der Waals surface area contributed by atoms with Crippen LogP contribution in [-0.4, -0.2) is 51.2 Å². The Kier molecular flexibility index (Phi) is 5.88. The van der Waals surface area contributed by atoms with Gasteiger partial charge in [0.25, 0.3) is 0 Å². The van der Waals surface area contributed by atoms with Crippen LogP contribution >= 0.6 is 0 Å². The number of hydrogen-bond donors (Lipinski definition) is 2. The molecule has 22 heavy (non-hydrogen) atoms. The Hall–Kier alpha value is -1.96. The Morgan fingerprint density at radius 2 is 2.23 bits per heavy atom. The predicted octanol–water partition coefficient (Wildman–Crippen LogP) is 0.688. The third-order valence-electron chi connectivity index (χ3n) is 3.85. The van der Waals surface area contributed by atoms with Gasteiger partial charge in [-0.3, -0.25) is 4.79 Å². The monoisotopic (exact) mass is 310 g/mol. The van der Waals surface area contributed by atoms with Crippen molar-refractivity contribution < 1.29 is 19.4 Å². The molecule has 1 aromatic rings. The Labute approximate surface area is 128 Å². The molecule has 0 aliphatic heterocycles. The maximum absolute atomic E-state index is 11.7. The van der Waals surface area contributed by atoms with Crippen molar-refractivity contribution in [2.24, 2.45) is 5.92 Å². The van der Waals surface area contributed by atoms with Crippen LogP contribution in [0.25, 0.3) is 0 Å². The molecular formula is C14H22N4O4. The van der Waals surface area contributed by atoms with Crippen molar-refractivity contribution in [2.75, 3.05) is 13.2 Å². The fourth-order valence-corrected chi connectivity index (χ4v) is 2.61. The molecule has 2 atom stereocenters. The van der Waals surface area contributed by atoms with E-state index in [1.807, 2.05) is 0 Å². The van der Waals surface area contributed by atoms with E-state index >= 15 is 0 Å². The van der Waals surface area contributed by atoms with Crippen LogP contribution in [0.3, 0.4) is 0 Å². The summed E-state index contributed by atoms with van der Waals surface area (Å²) in [6, 6.07) is 0.